The van der Waals surface area contributed by atoms with Crippen LogP contribution in [-0.2, 0) is 5.75 Å². The molecule has 4 aromatic rings. The topological polar surface area (TPSA) is 54.9 Å². The minimum Gasteiger partial charge on any atom is -0.296 e. The van der Waals surface area contributed by atoms with Crippen LogP contribution >= 0.6 is 23.1 Å². The molecule has 1 heterocycles. The minimum absolute atomic E-state index is 0.185. The fraction of sp³-hybridized carbons (Fsp3) is 0.0455. The SMILES string of the molecule is O=C(Nc1nnc(SCc2ccccc2)s1)c1ccccc1-c1ccccc1. The van der Waals surface area contributed by atoms with Gasteiger partial charge < -0.3 is 0 Å². The first-order valence-electron chi connectivity index (χ1n) is 8.75. The molecule has 0 aliphatic rings. The molecule has 6 heteroatoms. The van der Waals surface area contributed by atoms with Gasteiger partial charge in [-0.2, -0.15) is 0 Å². The van der Waals surface area contributed by atoms with E-state index in [9.17, 15) is 4.79 Å². The van der Waals surface area contributed by atoms with Crippen LogP contribution in [0, 0.1) is 0 Å². The summed E-state index contributed by atoms with van der Waals surface area (Å²) in [5, 5.41) is 11.7. The van der Waals surface area contributed by atoms with Crippen molar-refractivity contribution in [2.75, 3.05) is 5.32 Å². The Morgan fingerprint density at radius 1 is 0.857 bits per heavy atom. The summed E-state index contributed by atoms with van der Waals surface area (Å²) in [5.41, 5.74) is 3.74. The van der Waals surface area contributed by atoms with Crippen molar-refractivity contribution in [2.24, 2.45) is 0 Å². The number of rotatable bonds is 6. The van der Waals surface area contributed by atoms with Crippen LogP contribution in [0.2, 0.25) is 0 Å². The summed E-state index contributed by atoms with van der Waals surface area (Å²) >= 11 is 3.00. The maximum atomic E-state index is 12.8. The van der Waals surface area contributed by atoms with E-state index >= 15 is 0 Å². The summed E-state index contributed by atoms with van der Waals surface area (Å²) in [5.74, 6) is 0.635. The van der Waals surface area contributed by atoms with Crippen molar-refractivity contribution < 1.29 is 4.79 Å². The quantitative estimate of drug-likeness (QED) is 0.329. The van der Waals surface area contributed by atoms with Gasteiger partial charge in [-0.25, -0.2) is 0 Å². The van der Waals surface area contributed by atoms with E-state index in [1.54, 1.807) is 11.8 Å². The predicted molar refractivity (Wildman–Crippen MR) is 116 cm³/mol. The van der Waals surface area contributed by atoms with E-state index in [0.29, 0.717) is 10.7 Å². The van der Waals surface area contributed by atoms with Crippen molar-refractivity contribution >= 4 is 34.1 Å². The maximum Gasteiger partial charge on any atom is 0.258 e. The van der Waals surface area contributed by atoms with E-state index < -0.39 is 0 Å². The second kappa shape index (κ2) is 8.82. The lowest BCUT2D eigenvalue weighted by atomic mass is 9.99. The summed E-state index contributed by atoms with van der Waals surface area (Å²) in [7, 11) is 0. The van der Waals surface area contributed by atoms with Gasteiger partial charge in [0.05, 0.1) is 0 Å². The van der Waals surface area contributed by atoms with Gasteiger partial charge in [0.2, 0.25) is 5.13 Å². The first kappa shape index (κ1) is 18.4. The summed E-state index contributed by atoms with van der Waals surface area (Å²) < 4.78 is 0.829. The molecule has 4 nitrogen and oxygen atoms in total. The number of carbonyl (C=O) groups excluding carboxylic acids is 1. The van der Waals surface area contributed by atoms with E-state index in [0.717, 1.165) is 21.2 Å². The Hall–Kier alpha value is -2.96. The van der Waals surface area contributed by atoms with Gasteiger partial charge in [0.15, 0.2) is 4.34 Å². The highest BCUT2D eigenvalue weighted by atomic mass is 32.2. The van der Waals surface area contributed by atoms with Crippen LogP contribution < -0.4 is 5.32 Å². The van der Waals surface area contributed by atoms with E-state index in [1.807, 2.05) is 72.8 Å². The number of thioether (sulfide) groups is 1. The molecule has 0 unspecified atom stereocenters. The number of anilines is 1. The molecule has 0 saturated carbocycles. The van der Waals surface area contributed by atoms with Gasteiger partial charge in [-0.3, -0.25) is 10.1 Å². The Balaban J connectivity index is 1.46. The Bertz CT molecular complexity index is 1070. The number of aromatic nitrogens is 2. The molecule has 1 amide bonds. The van der Waals surface area contributed by atoms with Crippen LogP contribution in [0.5, 0.6) is 0 Å². The molecule has 1 N–H and O–H groups in total. The molecular formula is C22H17N3OS2. The smallest absolute Gasteiger partial charge is 0.258 e. The monoisotopic (exact) mass is 403 g/mol. The molecule has 0 bridgehead atoms. The summed E-state index contributed by atoms with van der Waals surface area (Å²) in [6.45, 7) is 0. The normalized spacial score (nSPS) is 10.6. The van der Waals surface area contributed by atoms with Crippen LogP contribution in [0.3, 0.4) is 0 Å². The van der Waals surface area contributed by atoms with Gasteiger partial charge in [0.1, 0.15) is 0 Å². The zero-order valence-corrected chi connectivity index (χ0v) is 16.5. The third-order valence-corrected chi connectivity index (χ3v) is 6.13. The lowest BCUT2D eigenvalue weighted by Gasteiger charge is -2.08. The van der Waals surface area contributed by atoms with Crippen molar-refractivity contribution in [1.82, 2.24) is 10.2 Å². The number of amides is 1. The Morgan fingerprint density at radius 3 is 2.32 bits per heavy atom. The second-order valence-electron chi connectivity index (χ2n) is 6.01. The molecule has 3 aromatic carbocycles. The van der Waals surface area contributed by atoms with Gasteiger partial charge in [0, 0.05) is 11.3 Å². The fourth-order valence-electron chi connectivity index (χ4n) is 2.75. The average Bonchev–Trinajstić information content (AvgIpc) is 3.21. The zero-order valence-electron chi connectivity index (χ0n) is 14.9. The highest BCUT2D eigenvalue weighted by Crippen LogP contribution is 2.29. The molecule has 0 radical (unpaired) electrons. The molecule has 0 atom stereocenters. The molecule has 0 spiro atoms. The fourth-order valence-corrected chi connectivity index (χ4v) is 4.46. The second-order valence-corrected chi connectivity index (χ2v) is 8.21. The minimum atomic E-state index is -0.185. The summed E-state index contributed by atoms with van der Waals surface area (Å²) in [4.78, 5) is 12.8. The summed E-state index contributed by atoms with van der Waals surface area (Å²) in [6, 6.07) is 27.6. The van der Waals surface area contributed by atoms with Crippen LogP contribution in [-0.4, -0.2) is 16.1 Å². The first-order valence-corrected chi connectivity index (χ1v) is 10.6. The first-order chi connectivity index (χ1) is 13.8. The van der Waals surface area contributed by atoms with Crippen LogP contribution in [0.1, 0.15) is 15.9 Å². The van der Waals surface area contributed by atoms with Crippen molar-refractivity contribution in [1.29, 1.82) is 0 Å². The number of carbonyl (C=O) groups is 1. The molecule has 4 rings (SSSR count). The van der Waals surface area contributed by atoms with Gasteiger partial charge >= 0.3 is 0 Å². The largest absolute Gasteiger partial charge is 0.296 e. The Morgan fingerprint density at radius 2 is 1.54 bits per heavy atom. The van der Waals surface area contributed by atoms with E-state index in [2.05, 4.69) is 27.6 Å². The predicted octanol–water partition coefficient (Wildman–Crippen LogP) is 5.75. The van der Waals surface area contributed by atoms with Crippen molar-refractivity contribution in [3.8, 4) is 11.1 Å². The number of nitrogens with zero attached hydrogens (tertiary/aromatic N) is 2. The number of hydrogen-bond donors (Lipinski definition) is 1. The Kier molecular flexibility index (Phi) is 5.80. The highest BCUT2D eigenvalue weighted by molar-refractivity contribution is 8.00. The molecule has 0 aliphatic carbocycles. The van der Waals surface area contributed by atoms with Gasteiger partial charge in [0.25, 0.3) is 5.91 Å². The van der Waals surface area contributed by atoms with E-state index in [-0.39, 0.29) is 5.91 Å². The summed E-state index contributed by atoms with van der Waals surface area (Å²) in [6.07, 6.45) is 0. The van der Waals surface area contributed by atoms with Crippen LogP contribution in [0.25, 0.3) is 11.1 Å². The van der Waals surface area contributed by atoms with E-state index in [4.69, 9.17) is 0 Å². The Labute approximate surface area is 171 Å². The van der Waals surface area contributed by atoms with E-state index in [1.165, 1.54) is 16.9 Å². The third-order valence-electron chi connectivity index (χ3n) is 4.09. The molecule has 138 valence electrons. The highest BCUT2D eigenvalue weighted by Gasteiger charge is 2.15. The molecular weight excluding hydrogens is 386 g/mol. The molecule has 0 aliphatic heterocycles. The standard InChI is InChI=1S/C22H17N3OS2/c26-20(19-14-8-7-13-18(19)17-11-5-2-6-12-17)23-21-24-25-22(28-21)27-15-16-9-3-1-4-10-16/h1-14H,15H2,(H,23,24,26). The number of hydrogen-bond acceptors (Lipinski definition) is 5. The lowest BCUT2D eigenvalue weighted by Crippen LogP contribution is -2.13. The average molecular weight is 404 g/mol. The van der Waals surface area contributed by atoms with Gasteiger partial charge in [-0.05, 0) is 22.8 Å². The molecule has 0 fully saturated rings. The molecule has 0 saturated heterocycles. The van der Waals surface area contributed by atoms with Gasteiger partial charge in [-0.15, -0.1) is 10.2 Å². The number of benzene rings is 3. The van der Waals surface area contributed by atoms with Crippen molar-refractivity contribution in [3.05, 3.63) is 96.1 Å². The van der Waals surface area contributed by atoms with Gasteiger partial charge in [-0.1, -0.05) is 102 Å². The maximum absolute atomic E-state index is 12.8. The zero-order chi connectivity index (χ0) is 19.2. The van der Waals surface area contributed by atoms with Crippen molar-refractivity contribution in [3.63, 3.8) is 0 Å². The van der Waals surface area contributed by atoms with Crippen molar-refractivity contribution in [2.45, 2.75) is 10.1 Å². The number of nitrogens with one attached hydrogen (secondary N) is 1. The van der Waals surface area contributed by atoms with Crippen LogP contribution in [0.4, 0.5) is 5.13 Å². The lowest BCUT2D eigenvalue weighted by molar-refractivity contribution is 0.102. The molecule has 28 heavy (non-hydrogen) atoms. The van der Waals surface area contributed by atoms with Crippen LogP contribution in [0.15, 0.2) is 89.3 Å². The molecule has 1 aromatic heterocycles. The third kappa shape index (κ3) is 4.47.